The van der Waals surface area contributed by atoms with Crippen LogP contribution in [0, 0.1) is 17.0 Å². The molecule has 0 aliphatic carbocycles. The van der Waals surface area contributed by atoms with E-state index in [0.717, 1.165) is 27.7 Å². The number of nitro benzene ring substituents is 1. The summed E-state index contributed by atoms with van der Waals surface area (Å²) in [5, 5.41) is 14.9. The molecular formula is C16H15N5O2S. The number of nitrogens with zero attached hydrogens (tertiary/aromatic N) is 4. The van der Waals surface area contributed by atoms with Crippen molar-refractivity contribution in [1.29, 1.82) is 0 Å². The summed E-state index contributed by atoms with van der Waals surface area (Å²) >= 11 is 1.62. The minimum absolute atomic E-state index is 0.0158. The van der Waals surface area contributed by atoms with E-state index in [-0.39, 0.29) is 5.69 Å². The highest BCUT2D eigenvalue weighted by molar-refractivity contribution is 7.15. The van der Waals surface area contributed by atoms with Crippen LogP contribution in [0.5, 0.6) is 0 Å². The Hall–Kier alpha value is -2.87. The first-order chi connectivity index (χ1) is 11.6. The molecule has 0 aliphatic heterocycles. The van der Waals surface area contributed by atoms with Gasteiger partial charge in [0.2, 0.25) is 5.95 Å². The molecule has 24 heavy (non-hydrogen) atoms. The number of hydrogen-bond donors (Lipinski definition) is 1. The average Bonchev–Trinajstić information content (AvgIpc) is 2.96. The first-order valence-electron chi connectivity index (χ1n) is 7.38. The molecule has 1 aromatic carbocycles. The first-order valence-corrected chi connectivity index (χ1v) is 8.19. The molecule has 0 atom stereocenters. The Bertz CT molecular complexity index is 894. The number of hydrogen-bond acceptors (Lipinski definition) is 7. The van der Waals surface area contributed by atoms with Crippen LogP contribution in [-0.2, 0) is 6.42 Å². The maximum absolute atomic E-state index is 10.9. The minimum atomic E-state index is -0.435. The second-order valence-electron chi connectivity index (χ2n) is 5.07. The Balaban J connectivity index is 1.89. The van der Waals surface area contributed by atoms with E-state index >= 15 is 0 Å². The number of nitrogens with one attached hydrogen (secondary N) is 1. The molecule has 3 rings (SSSR count). The van der Waals surface area contributed by atoms with Gasteiger partial charge in [0.15, 0.2) is 0 Å². The molecule has 0 saturated heterocycles. The summed E-state index contributed by atoms with van der Waals surface area (Å²) in [6.07, 6.45) is 2.54. The summed E-state index contributed by atoms with van der Waals surface area (Å²) in [5.41, 5.74) is 2.31. The van der Waals surface area contributed by atoms with Crippen LogP contribution in [0.2, 0.25) is 0 Å². The number of thiazole rings is 1. The standard InChI is InChI=1S/C16H15N5O2S/c1-3-14-18-10(2)15(24-14)13-7-8-17-16(20-13)19-11-5-4-6-12(9-11)21(22)23/h4-9H,3H2,1-2H3,(H,17,19,20). The second-order valence-corrected chi connectivity index (χ2v) is 6.16. The highest BCUT2D eigenvalue weighted by Crippen LogP contribution is 2.29. The average molecular weight is 341 g/mol. The van der Waals surface area contributed by atoms with E-state index in [4.69, 9.17) is 0 Å². The number of nitro groups is 1. The summed E-state index contributed by atoms with van der Waals surface area (Å²) in [5.74, 6) is 0.388. The number of anilines is 2. The molecule has 1 N–H and O–H groups in total. The van der Waals surface area contributed by atoms with Gasteiger partial charge in [-0.05, 0) is 25.5 Å². The summed E-state index contributed by atoms with van der Waals surface area (Å²) in [6, 6.07) is 8.07. The van der Waals surface area contributed by atoms with Crippen LogP contribution in [0.15, 0.2) is 36.5 Å². The molecule has 0 amide bonds. The lowest BCUT2D eigenvalue weighted by atomic mass is 10.3. The van der Waals surface area contributed by atoms with Gasteiger partial charge >= 0.3 is 0 Å². The molecule has 0 fully saturated rings. The van der Waals surface area contributed by atoms with E-state index in [1.54, 1.807) is 29.7 Å². The fraction of sp³-hybridized carbons (Fsp3) is 0.188. The highest BCUT2D eigenvalue weighted by atomic mass is 32.1. The molecule has 0 unspecified atom stereocenters. The quantitative estimate of drug-likeness (QED) is 0.554. The lowest BCUT2D eigenvalue weighted by Crippen LogP contribution is -1.98. The van der Waals surface area contributed by atoms with Gasteiger partial charge in [-0.2, -0.15) is 0 Å². The molecule has 3 aromatic rings. The number of aromatic nitrogens is 3. The third-order valence-electron chi connectivity index (χ3n) is 3.34. The largest absolute Gasteiger partial charge is 0.324 e. The Morgan fingerprint density at radius 2 is 2.12 bits per heavy atom. The normalized spacial score (nSPS) is 10.6. The molecule has 0 aliphatic rings. The van der Waals surface area contributed by atoms with Gasteiger partial charge in [0.25, 0.3) is 5.69 Å². The lowest BCUT2D eigenvalue weighted by Gasteiger charge is -2.06. The molecule has 0 spiro atoms. The molecule has 0 saturated carbocycles. The maximum Gasteiger partial charge on any atom is 0.271 e. The van der Waals surface area contributed by atoms with Crippen LogP contribution in [-0.4, -0.2) is 19.9 Å². The summed E-state index contributed by atoms with van der Waals surface area (Å²) in [4.78, 5) is 24.6. The summed E-state index contributed by atoms with van der Waals surface area (Å²) in [6.45, 7) is 4.03. The van der Waals surface area contributed by atoms with Crippen molar-refractivity contribution < 1.29 is 4.92 Å². The SMILES string of the molecule is CCc1nc(C)c(-c2ccnc(Nc3cccc([N+](=O)[O-])c3)n2)s1. The van der Waals surface area contributed by atoms with E-state index in [2.05, 4.69) is 27.2 Å². The van der Waals surface area contributed by atoms with Crippen molar-refractivity contribution in [2.75, 3.05) is 5.32 Å². The van der Waals surface area contributed by atoms with Gasteiger partial charge < -0.3 is 5.32 Å². The molecule has 122 valence electrons. The van der Waals surface area contributed by atoms with Gasteiger partial charge in [-0.1, -0.05) is 13.0 Å². The maximum atomic E-state index is 10.9. The minimum Gasteiger partial charge on any atom is -0.324 e. The zero-order chi connectivity index (χ0) is 17.1. The summed E-state index contributed by atoms with van der Waals surface area (Å²) in [7, 11) is 0. The van der Waals surface area contributed by atoms with Crippen molar-refractivity contribution in [3.63, 3.8) is 0 Å². The summed E-state index contributed by atoms with van der Waals surface area (Å²) < 4.78 is 0. The fourth-order valence-electron chi connectivity index (χ4n) is 2.21. The molecule has 0 radical (unpaired) electrons. The molecule has 7 nitrogen and oxygen atoms in total. The van der Waals surface area contributed by atoms with Crippen molar-refractivity contribution in [3.8, 4) is 10.6 Å². The van der Waals surface area contributed by atoms with Gasteiger partial charge in [-0.15, -0.1) is 11.3 Å². The van der Waals surface area contributed by atoms with E-state index < -0.39 is 4.92 Å². The third kappa shape index (κ3) is 3.38. The highest BCUT2D eigenvalue weighted by Gasteiger charge is 2.12. The van der Waals surface area contributed by atoms with Gasteiger partial charge in [-0.3, -0.25) is 10.1 Å². The van der Waals surface area contributed by atoms with Crippen molar-refractivity contribution in [2.45, 2.75) is 20.3 Å². The molecular weight excluding hydrogens is 326 g/mol. The second kappa shape index (κ2) is 6.71. The number of rotatable bonds is 5. The number of non-ortho nitro benzene ring substituents is 1. The zero-order valence-electron chi connectivity index (χ0n) is 13.2. The number of aryl methyl sites for hydroxylation is 2. The van der Waals surface area contributed by atoms with Crippen molar-refractivity contribution in [3.05, 3.63) is 57.3 Å². The van der Waals surface area contributed by atoms with Gasteiger partial charge in [0.1, 0.15) is 0 Å². The van der Waals surface area contributed by atoms with Crippen molar-refractivity contribution in [2.24, 2.45) is 0 Å². The topological polar surface area (TPSA) is 93.8 Å². The predicted octanol–water partition coefficient (Wildman–Crippen LogP) is 4.12. The third-order valence-corrected chi connectivity index (χ3v) is 4.67. The Morgan fingerprint density at radius 3 is 2.83 bits per heavy atom. The molecule has 8 heteroatoms. The van der Waals surface area contributed by atoms with Crippen LogP contribution in [0.25, 0.3) is 10.6 Å². The Morgan fingerprint density at radius 1 is 1.29 bits per heavy atom. The lowest BCUT2D eigenvalue weighted by molar-refractivity contribution is -0.384. The van der Waals surface area contributed by atoms with Crippen LogP contribution in [0.1, 0.15) is 17.6 Å². The van der Waals surface area contributed by atoms with Crippen LogP contribution < -0.4 is 5.32 Å². The molecule has 0 bridgehead atoms. The molecule has 2 aromatic heterocycles. The predicted molar refractivity (Wildman–Crippen MR) is 93.6 cm³/mol. The first kappa shape index (κ1) is 16.0. The number of benzene rings is 1. The van der Waals surface area contributed by atoms with Crippen LogP contribution in [0.3, 0.4) is 0 Å². The van der Waals surface area contributed by atoms with E-state index in [1.807, 2.05) is 13.0 Å². The Labute approximate surface area is 142 Å². The zero-order valence-corrected chi connectivity index (χ0v) is 14.0. The molecule has 2 heterocycles. The van der Waals surface area contributed by atoms with E-state index in [9.17, 15) is 10.1 Å². The van der Waals surface area contributed by atoms with Crippen molar-refractivity contribution in [1.82, 2.24) is 15.0 Å². The van der Waals surface area contributed by atoms with Crippen LogP contribution >= 0.6 is 11.3 Å². The smallest absolute Gasteiger partial charge is 0.271 e. The van der Waals surface area contributed by atoms with Gasteiger partial charge in [0.05, 0.1) is 26.2 Å². The van der Waals surface area contributed by atoms with E-state index in [0.29, 0.717) is 11.6 Å². The van der Waals surface area contributed by atoms with E-state index in [1.165, 1.54) is 12.1 Å². The fourth-order valence-corrected chi connectivity index (χ4v) is 3.19. The Kier molecular flexibility index (Phi) is 4.48. The monoisotopic (exact) mass is 341 g/mol. The van der Waals surface area contributed by atoms with Gasteiger partial charge in [0, 0.05) is 24.0 Å². The van der Waals surface area contributed by atoms with Crippen molar-refractivity contribution >= 4 is 28.7 Å². The van der Waals surface area contributed by atoms with Gasteiger partial charge in [-0.25, -0.2) is 15.0 Å². The van der Waals surface area contributed by atoms with Crippen LogP contribution in [0.4, 0.5) is 17.3 Å².